The van der Waals surface area contributed by atoms with E-state index in [1.807, 2.05) is 13.1 Å². The summed E-state index contributed by atoms with van der Waals surface area (Å²) < 4.78 is 6.42. The molecule has 0 amide bonds. The van der Waals surface area contributed by atoms with E-state index >= 15 is 0 Å². The van der Waals surface area contributed by atoms with Crippen molar-refractivity contribution >= 4 is 30.9 Å². The summed E-state index contributed by atoms with van der Waals surface area (Å²) in [6.45, 7) is 13.4. The molecule has 0 radical (unpaired) electrons. The fraction of sp³-hybridized carbons (Fsp3) is 0.421. The number of hydrogen-bond donors (Lipinski definition) is 0. The first kappa shape index (κ1) is 18.1. The lowest BCUT2D eigenvalue weighted by molar-refractivity contribution is 0.417. The van der Waals surface area contributed by atoms with Gasteiger partial charge in [0.2, 0.25) is 0 Å². The van der Waals surface area contributed by atoms with Crippen LogP contribution >= 0.6 is 11.8 Å². The molecule has 2 rings (SSSR count). The molecule has 0 fully saturated rings. The third kappa shape index (κ3) is 4.39. The van der Waals surface area contributed by atoms with E-state index in [0.717, 1.165) is 16.5 Å². The molecule has 4 heteroatoms. The summed E-state index contributed by atoms with van der Waals surface area (Å²) in [5, 5.41) is 3.70. The van der Waals surface area contributed by atoms with E-state index in [-0.39, 0.29) is 5.04 Å². The van der Waals surface area contributed by atoms with Gasteiger partial charge in [-0.05, 0) is 42.6 Å². The molecule has 23 heavy (non-hydrogen) atoms. The van der Waals surface area contributed by atoms with Crippen LogP contribution in [0, 0.1) is 0 Å². The highest BCUT2D eigenvalue weighted by molar-refractivity contribution is 8.02. The van der Waals surface area contributed by atoms with Gasteiger partial charge < -0.3 is 4.43 Å². The van der Waals surface area contributed by atoms with Gasteiger partial charge in [0, 0.05) is 17.3 Å². The first-order valence-corrected chi connectivity index (χ1v) is 11.9. The number of fused-ring (bicyclic) bond motifs is 1. The van der Waals surface area contributed by atoms with Crippen LogP contribution in [0.2, 0.25) is 18.1 Å². The SMILES string of the molecule is C/C=C(\O[Si](C)(C)C(C)(C)C)SCc1nccc2ccccc12. The number of rotatable bonds is 5. The Morgan fingerprint density at radius 1 is 1.22 bits per heavy atom. The minimum Gasteiger partial charge on any atom is -0.539 e. The van der Waals surface area contributed by atoms with Gasteiger partial charge in [-0.2, -0.15) is 0 Å². The number of thioether (sulfide) groups is 1. The number of allylic oxidation sites excluding steroid dienone is 1. The van der Waals surface area contributed by atoms with Crippen LogP contribution in [0.4, 0.5) is 0 Å². The summed E-state index contributed by atoms with van der Waals surface area (Å²) in [6, 6.07) is 10.5. The van der Waals surface area contributed by atoms with E-state index in [2.05, 4.69) is 75.3 Å². The monoisotopic (exact) mass is 345 g/mol. The van der Waals surface area contributed by atoms with Crippen LogP contribution < -0.4 is 0 Å². The van der Waals surface area contributed by atoms with Crippen molar-refractivity contribution in [3.05, 3.63) is 53.4 Å². The van der Waals surface area contributed by atoms with E-state index < -0.39 is 8.32 Å². The number of benzene rings is 1. The minimum absolute atomic E-state index is 0.208. The summed E-state index contributed by atoms with van der Waals surface area (Å²) >= 11 is 1.74. The molecule has 0 unspecified atom stereocenters. The van der Waals surface area contributed by atoms with Crippen LogP contribution in [0.1, 0.15) is 33.4 Å². The van der Waals surface area contributed by atoms with Crippen LogP contribution in [0.3, 0.4) is 0 Å². The zero-order valence-corrected chi connectivity index (χ0v) is 16.8. The molecule has 2 aromatic rings. The topological polar surface area (TPSA) is 22.1 Å². The zero-order chi connectivity index (χ0) is 17.1. The number of nitrogens with zero attached hydrogens (tertiary/aromatic N) is 1. The Labute approximate surface area is 145 Å². The van der Waals surface area contributed by atoms with Crippen molar-refractivity contribution in [2.75, 3.05) is 0 Å². The molecule has 0 saturated heterocycles. The second-order valence-electron chi connectivity index (χ2n) is 7.24. The highest BCUT2D eigenvalue weighted by Gasteiger charge is 2.39. The quantitative estimate of drug-likeness (QED) is 0.465. The summed E-state index contributed by atoms with van der Waals surface area (Å²) in [5.41, 5.74) is 1.12. The molecule has 0 saturated carbocycles. The van der Waals surface area contributed by atoms with Crippen LogP contribution in [0.5, 0.6) is 0 Å². The fourth-order valence-electron chi connectivity index (χ4n) is 2.01. The molecule has 0 N–H and O–H groups in total. The molecule has 1 aromatic heterocycles. The molecule has 0 spiro atoms. The summed E-state index contributed by atoms with van der Waals surface area (Å²) in [6.07, 6.45) is 3.97. The molecule has 0 bridgehead atoms. The van der Waals surface area contributed by atoms with Crippen molar-refractivity contribution in [3.8, 4) is 0 Å². The first-order chi connectivity index (χ1) is 10.7. The maximum absolute atomic E-state index is 6.42. The molecular weight excluding hydrogens is 318 g/mol. The smallest absolute Gasteiger partial charge is 0.251 e. The molecule has 0 atom stereocenters. The van der Waals surface area contributed by atoms with E-state index in [0.29, 0.717) is 0 Å². The lowest BCUT2D eigenvalue weighted by atomic mass is 10.1. The number of aromatic nitrogens is 1. The Hall–Kier alpha value is -1.26. The van der Waals surface area contributed by atoms with Crippen LogP contribution in [0.25, 0.3) is 10.8 Å². The van der Waals surface area contributed by atoms with Gasteiger partial charge >= 0.3 is 0 Å². The molecule has 0 aliphatic carbocycles. The fourth-order valence-corrected chi connectivity index (χ4v) is 4.48. The van der Waals surface area contributed by atoms with Crippen molar-refractivity contribution in [1.82, 2.24) is 4.98 Å². The second kappa shape index (κ2) is 7.10. The Morgan fingerprint density at radius 2 is 1.91 bits per heavy atom. The molecule has 1 aromatic carbocycles. The normalized spacial score (nSPS) is 13.4. The van der Waals surface area contributed by atoms with Gasteiger partial charge in [-0.25, -0.2) is 0 Å². The Morgan fingerprint density at radius 3 is 2.57 bits per heavy atom. The van der Waals surface area contributed by atoms with Gasteiger partial charge in [-0.3, -0.25) is 4.98 Å². The molecule has 0 aliphatic rings. The van der Waals surface area contributed by atoms with Crippen LogP contribution in [-0.4, -0.2) is 13.3 Å². The number of hydrogen-bond acceptors (Lipinski definition) is 3. The van der Waals surface area contributed by atoms with Crippen LogP contribution in [0.15, 0.2) is 47.7 Å². The average molecular weight is 346 g/mol. The van der Waals surface area contributed by atoms with Gasteiger partial charge in [0.15, 0.2) is 0 Å². The highest BCUT2D eigenvalue weighted by atomic mass is 32.2. The maximum Gasteiger partial charge on any atom is 0.251 e. The van der Waals surface area contributed by atoms with E-state index in [1.165, 1.54) is 10.8 Å². The predicted molar refractivity (Wildman–Crippen MR) is 105 cm³/mol. The van der Waals surface area contributed by atoms with Crippen molar-refractivity contribution < 1.29 is 4.43 Å². The second-order valence-corrected chi connectivity index (χ2v) is 12.9. The third-order valence-electron chi connectivity index (χ3n) is 4.50. The predicted octanol–water partition coefficient (Wildman–Crippen LogP) is 6.35. The Kier molecular flexibility index (Phi) is 5.58. The van der Waals surface area contributed by atoms with Crippen molar-refractivity contribution in [2.24, 2.45) is 0 Å². The third-order valence-corrected chi connectivity index (χ3v) is 10.0. The summed E-state index contributed by atoms with van der Waals surface area (Å²) in [5.74, 6) is 0.829. The molecule has 2 nitrogen and oxygen atoms in total. The first-order valence-electron chi connectivity index (χ1n) is 8.05. The molecule has 124 valence electrons. The maximum atomic E-state index is 6.42. The molecule has 1 heterocycles. The Balaban J connectivity index is 2.12. The number of pyridine rings is 1. The standard InChI is InChI=1S/C19H27NOSSi/c1-7-18(21-23(5,6)19(2,3)4)22-14-17-16-11-9-8-10-15(16)12-13-20-17/h7-13H,14H2,1-6H3/b18-7+. The van der Waals surface area contributed by atoms with Crippen molar-refractivity contribution in [1.29, 1.82) is 0 Å². The largest absolute Gasteiger partial charge is 0.539 e. The van der Waals surface area contributed by atoms with Gasteiger partial charge in [-0.1, -0.05) is 56.8 Å². The van der Waals surface area contributed by atoms with Gasteiger partial charge in [-0.15, -0.1) is 0 Å². The van der Waals surface area contributed by atoms with Crippen LogP contribution in [-0.2, 0) is 10.2 Å². The lowest BCUT2D eigenvalue weighted by Crippen LogP contribution is -2.40. The van der Waals surface area contributed by atoms with E-state index in [4.69, 9.17) is 4.43 Å². The molecule has 0 aliphatic heterocycles. The zero-order valence-electron chi connectivity index (χ0n) is 15.0. The highest BCUT2D eigenvalue weighted by Crippen LogP contribution is 2.40. The summed E-state index contributed by atoms with van der Waals surface area (Å²) in [4.78, 5) is 4.57. The lowest BCUT2D eigenvalue weighted by Gasteiger charge is -2.37. The van der Waals surface area contributed by atoms with Gasteiger partial charge in [0.05, 0.1) is 5.69 Å². The Bertz CT molecular complexity index is 699. The average Bonchev–Trinajstić information content (AvgIpc) is 2.50. The van der Waals surface area contributed by atoms with Crippen molar-refractivity contribution in [3.63, 3.8) is 0 Å². The van der Waals surface area contributed by atoms with Gasteiger partial charge in [0.1, 0.15) is 5.09 Å². The van der Waals surface area contributed by atoms with E-state index in [1.54, 1.807) is 11.8 Å². The van der Waals surface area contributed by atoms with Gasteiger partial charge in [0.25, 0.3) is 8.32 Å². The molecular formula is C19H27NOSSi. The summed E-state index contributed by atoms with van der Waals surface area (Å²) in [7, 11) is -1.79. The van der Waals surface area contributed by atoms with Crippen molar-refractivity contribution in [2.45, 2.75) is 51.6 Å². The van der Waals surface area contributed by atoms with E-state index in [9.17, 15) is 0 Å². The minimum atomic E-state index is -1.79.